The molecule has 8 nitrogen and oxygen atoms in total. The lowest BCUT2D eigenvalue weighted by Gasteiger charge is -2.31. The van der Waals surface area contributed by atoms with Gasteiger partial charge in [-0.1, -0.05) is 30.3 Å². The van der Waals surface area contributed by atoms with Crippen LogP contribution in [-0.2, 0) is 21.3 Å². The van der Waals surface area contributed by atoms with Gasteiger partial charge in [-0.3, -0.25) is 9.89 Å². The Balaban J connectivity index is 0.00000420. The molecule has 166 valence electrons. The fourth-order valence-electron chi connectivity index (χ4n) is 2.86. The topological polar surface area (TPSA) is 95.1 Å². The summed E-state index contributed by atoms with van der Waals surface area (Å²) in [6.45, 7) is 9.47. The number of sulfonamides is 1. The Morgan fingerprint density at radius 3 is 2.55 bits per heavy atom. The molecule has 1 aromatic carbocycles. The second-order valence-corrected chi connectivity index (χ2v) is 8.70. The first kappa shape index (κ1) is 26.1. The number of nitrogens with zero attached hydrogens (tertiary/aromatic N) is 2. The first-order valence-corrected chi connectivity index (χ1v) is 11.5. The van der Waals surface area contributed by atoms with Crippen LogP contribution in [0.1, 0.15) is 19.4 Å². The minimum atomic E-state index is -3.36. The number of hydrogen-bond acceptors (Lipinski definition) is 5. The highest BCUT2D eigenvalue weighted by Gasteiger charge is 2.16. The molecule has 1 heterocycles. The van der Waals surface area contributed by atoms with Crippen LogP contribution in [0.4, 0.5) is 0 Å². The van der Waals surface area contributed by atoms with Gasteiger partial charge in [0.25, 0.3) is 0 Å². The average molecular weight is 539 g/mol. The number of aliphatic imine (C=N–C) groups is 1. The molecule has 29 heavy (non-hydrogen) atoms. The van der Waals surface area contributed by atoms with E-state index < -0.39 is 10.0 Å². The van der Waals surface area contributed by atoms with Crippen molar-refractivity contribution in [2.75, 3.05) is 51.7 Å². The van der Waals surface area contributed by atoms with Gasteiger partial charge in [-0.05, 0) is 19.4 Å². The molecule has 0 spiro atoms. The molecule has 10 heteroatoms. The predicted molar refractivity (Wildman–Crippen MR) is 128 cm³/mol. The Kier molecular flexibility index (Phi) is 12.7. The molecule has 1 unspecified atom stereocenters. The fraction of sp³-hybridized carbons (Fsp3) is 0.632. The van der Waals surface area contributed by atoms with Crippen LogP contribution in [0, 0.1) is 0 Å². The van der Waals surface area contributed by atoms with E-state index in [4.69, 9.17) is 4.74 Å². The highest BCUT2D eigenvalue weighted by molar-refractivity contribution is 14.0. The Morgan fingerprint density at radius 1 is 1.21 bits per heavy atom. The van der Waals surface area contributed by atoms with Crippen LogP contribution in [-0.4, -0.2) is 77.0 Å². The summed E-state index contributed by atoms with van der Waals surface area (Å²) in [5.41, 5.74) is 0.936. The van der Waals surface area contributed by atoms with Crippen molar-refractivity contribution in [2.24, 2.45) is 4.99 Å². The second-order valence-electron chi connectivity index (χ2n) is 6.77. The Morgan fingerprint density at radius 2 is 1.90 bits per heavy atom. The van der Waals surface area contributed by atoms with Crippen molar-refractivity contribution in [3.8, 4) is 0 Å². The molecule has 1 fully saturated rings. The molecule has 0 bridgehead atoms. The smallest absolute Gasteiger partial charge is 0.213 e. The maximum absolute atomic E-state index is 12.2. The molecule has 0 radical (unpaired) electrons. The van der Waals surface area contributed by atoms with E-state index in [0.717, 1.165) is 38.4 Å². The highest BCUT2D eigenvalue weighted by Crippen LogP contribution is 2.03. The summed E-state index contributed by atoms with van der Waals surface area (Å²) in [5, 5.41) is 6.28. The maximum atomic E-state index is 12.2. The van der Waals surface area contributed by atoms with Gasteiger partial charge >= 0.3 is 0 Å². The minimum Gasteiger partial charge on any atom is -0.379 e. The van der Waals surface area contributed by atoms with Crippen molar-refractivity contribution in [1.29, 1.82) is 0 Å². The first-order valence-electron chi connectivity index (χ1n) is 9.85. The Bertz CT molecular complexity index is 697. The molecular weight excluding hydrogens is 505 g/mol. The average Bonchev–Trinajstić information content (AvgIpc) is 2.71. The summed E-state index contributed by atoms with van der Waals surface area (Å²) >= 11 is 0. The number of halogens is 1. The van der Waals surface area contributed by atoms with Crippen LogP contribution < -0.4 is 15.4 Å². The van der Waals surface area contributed by atoms with E-state index >= 15 is 0 Å². The molecule has 1 aromatic rings. The molecule has 0 amide bonds. The van der Waals surface area contributed by atoms with Crippen LogP contribution >= 0.6 is 24.0 Å². The van der Waals surface area contributed by atoms with Gasteiger partial charge in [-0.25, -0.2) is 13.1 Å². The van der Waals surface area contributed by atoms with E-state index in [1.165, 1.54) is 0 Å². The Labute approximate surface area is 191 Å². The van der Waals surface area contributed by atoms with Gasteiger partial charge in [-0.2, -0.15) is 0 Å². The third kappa shape index (κ3) is 10.6. The Hall–Kier alpha value is -0.950. The lowest BCUT2D eigenvalue weighted by Crippen LogP contribution is -2.45. The monoisotopic (exact) mass is 539 g/mol. The molecule has 1 aliphatic rings. The molecule has 0 aromatic heterocycles. The minimum absolute atomic E-state index is 0. The molecule has 3 N–H and O–H groups in total. The van der Waals surface area contributed by atoms with E-state index in [1.807, 2.05) is 37.3 Å². The van der Waals surface area contributed by atoms with Gasteiger partial charge in [0.15, 0.2) is 5.96 Å². The molecular formula is C19H34IN5O3S. The molecule has 1 saturated heterocycles. The molecule has 0 saturated carbocycles. The van der Waals surface area contributed by atoms with Crippen molar-refractivity contribution in [3.05, 3.63) is 35.9 Å². The second kappa shape index (κ2) is 14.1. The zero-order chi connectivity index (χ0) is 20.2. The molecule has 1 atom stereocenters. The van der Waals surface area contributed by atoms with Crippen molar-refractivity contribution >= 4 is 40.0 Å². The number of rotatable bonds is 10. The summed E-state index contributed by atoms with van der Waals surface area (Å²) in [5.74, 6) is 0.629. The lowest BCUT2D eigenvalue weighted by molar-refractivity contribution is 0.0220. The molecule has 1 aliphatic heterocycles. The van der Waals surface area contributed by atoms with Gasteiger partial charge in [0, 0.05) is 38.8 Å². The number of benzene rings is 1. The number of ether oxygens (including phenoxy) is 1. The molecule has 0 aliphatic carbocycles. The van der Waals surface area contributed by atoms with E-state index in [2.05, 4.69) is 32.2 Å². The van der Waals surface area contributed by atoms with Gasteiger partial charge < -0.3 is 15.4 Å². The largest absolute Gasteiger partial charge is 0.379 e. The predicted octanol–water partition coefficient (Wildman–Crippen LogP) is 1.000. The summed E-state index contributed by atoms with van der Waals surface area (Å²) in [7, 11) is -3.36. The van der Waals surface area contributed by atoms with E-state index in [0.29, 0.717) is 31.6 Å². The molecule has 2 rings (SSSR count). The fourth-order valence-corrected chi connectivity index (χ4v) is 3.77. The SMILES string of the molecule is CCNC(=NCC(C)N1CCOCC1)NCCS(=O)(=O)NCc1ccccc1.I. The third-order valence-corrected chi connectivity index (χ3v) is 5.85. The van der Waals surface area contributed by atoms with Gasteiger partial charge in [0.2, 0.25) is 10.0 Å². The van der Waals surface area contributed by atoms with Crippen LogP contribution in [0.5, 0.6) is 0 Å². The van der Waals surface area contributed by atoms with Crippen molar-refractivity contribution in [1.82, 2.24) is 20.3 Å². The summed E-state index contributed by atoms with van der Waals surface area (Å²) in [6, 6.07) is 9.79. The summed E-state index contributed by atoms with van der Waals surface area (Å²) < 4.78 is 32.4. The van der Waals surface area contributed by atoms with Crippen molar-refractivity contribution in [2.45, 2.75) is 26.4 Å². The normalized spacial score (nSPS) is 16.7. The maximum Gasteiger partial charge on any atom is 0.213 e. The van der Waals surface area contributed by atoms with Crippen LogP contribution in [0.2, 0.25) is 0 Å². The van der Waals surface area contributed by atoms with Crippen LogP contribution in [0.3, 0.4) is 0 Å². The van der Waals surface area contributed by atoms with Crippen LogP contribution in [0.25, 0.3) is 0 Å². The highest BCUT2D eigenvalue weighted by atomic mass is 127. The van der Waals surface area contributed by atoms with E-state index in [1.54, 1.807) is 0 Å². The quantitative estimate of drug-likeness (QED) is 0.234. The van der Waals surface area contributed by atoms with Crippen molar-refractivity contribution < 1.29 is 13.2 Å². The third-order valence-electron chi connectivity index (χ3n) is 4.53. The zero-order valence-corrected chi connectivity index (χ0v) is 20.4. The van der Waals surface area contributed by atoms with Gasteiger partial charge in [0.1, 0.15) is 0 Å². The first-order chi connectivity index (χ1) is 13.5. The van der Waals surface area contributed by atoms with Crippen LogP contribution in [0.15, 0.2) is 35.3 Å². The number of hydrogen-bond donors (Lipinski definition) is 3. The zero-order valence-electron chi connectivity index (χ0n) is 17.3. The summed E-state index contributed by atoms with van der Waals surface area (Å²) in [6.07, 6.45) is 0. The summed E-state index contributed by atoms with van der Waals surface area (Å²) in [4.78, 5) is 6.95. The van der Waals surface area contributed by atoms with Gasteiger partial charge in [0.05, 0.1) is 25.5 Å². The van der Waals surface area contributed by atoms with Gasteiger partial charge in [-0.15, -0.1) is 24.0 Å². The number of guanidine groups is 1. The van der Waals surface area contributed by atoms with E-state index in [9.17, 15) is 8.42 Å². The van der Waals surface area contributed by atoms with Crippen molar-refractivity contribution in [3.63, 3.8) is 0 Å². The van der Waals surface area contributed by atoms with E-state index in [-0.39, 0.29) is 29.7 Å². The number of morpholine rings is 1. The number of nitrogens with one attached hydrogen (secondary N) is 3. The standard InChI is InChI=1S/C19H33N5O3S.HI/c1-3-20-19(22-15-17(2)24-10-12-27-13-11-24)21-9-14-28(25,26)23-16-18-7-5-4-6-8-18;/h4-8,17,23H,3,9-16H2,1-2H3,(H2,20,21,22);1H. The lowest BCUT2D eigenvalue weighted by atomic mass is 10.2.